The van der Waals surface area contributed by atoms with Gasteiger partial charge in [-0.3, -0.25) is 0 Å². The fraction of sp³-hybridized carbons (Fsp3) is 0.625. The minimum absolute atomic E-state index is 0.598. The van der Waals surface area contributed by atoms with Gasteiger partial charge < -0.3 is 4.90 Å². The normalized spacial score (nSPS) is 18.1. The van der Waals surface area contributed by atoms with Crippen LogP contribution in [0.3, 0.4) is 0 Å². The molecule has 0 radical (unpaired) electrons. The van der Waals surface area contributed by atoms with Crippen molar-refractivity contribution in [3.8, 4) is 0 Å². The molecule has 0 fully saturated rings. The van der Waals surface area contributed by atoms with Crippen LogP contribution in [0.25, 0.3) is 0 Å². The van der Waals surface area contributed by atoms with Crippen LogP contribution >= 0.6 is 0 Å². The summed E-state index contributed by atoms with van der Waals surface area (Å²) in [4.78, 5) is 2.58. The van der Waals surface area contributed by atoms with E-state index in [0.29, 0.717) is 12.1 Å². The lowest BCUT2D eigenvalue weighted by molar-refractivity contribution is 0.448. The average molecular weight is 233 g/mol. The van der Waals surface area contributed by atoms with Crippen molar-refractivity contribution in [2.45, 2.75) is 60.0 Å². The van der Waals surface area contributed by atoms with Crippen molar-refractivity contribution in [2.24, 2.45) is 5.92 Å². The molecule has 1 atom stereocenters. The Morgan fingerprint density at radius 1 is 1.06 bits per heavy atom. The molecule has 1 aromatic rings. The van der Waals surface area contributed by atoms with Crippen molar-refractivity contribution in [2.75, 3.05) is 4.90 Å². The fourth-order valence-corrected chi connectivity index (χ4v) is 2.66. The lowest BCUT2D eigenvalue weighted by Gasteiger charge is -2.34. The van der Waals surface area contributed by atoms with E-state index >= 15 is 0 Å². The van der Waals surface area contributed by atoms with Crippen LogP contribution in [0.5, 0.6) is 0 Å². The maximum Gasteiger partial charge on any atom is 0.0404 e. The van der Waals surface area contributed by atoms with E-state index in [1.54, 1.807) is 0 Å². The van der Waals surface area contributed by atoms with Gasteiger partial charge >= 0.3 is 0 Å². The first-order valence-corrected chi connectivity index (χ1v) is 6.97. The molecule has 17 heavy (non-hydrogen) atoms. The number of hydrogen-bond donors (Lipinski definition) is 0. The molecule has 1 unspecified atom stereocenters. The Kier molecular flexibility index (Phi) is 5.04. The number of para-hydroxylation sites is 1. The van der Waals surface area contributed by atoms with Crippen molar-refractivity contribution in [3.05, 3.63) is 29.8 Å². The van der Waals surface area contributed by atoms with Crippen molar-refractivity contribution < 1.29 is 0 Å². The largest absolute Gasteiger partial charge is 0.365 e. The summed E-state index contributed by atoms with van der Waals surface area (Å²) in [6.07, 6.45) is 1.21. The summed E-state index contributed by atoms with van der Waals surface area (Å²) in [6, 6.07) is 10.1. The maximum atomic E-state index is 2.58. The number of hydrogen-bond acceptors (Lipinski definition) is 1. The molecule has 1 aliphatic rings. The highest BCUT2D eigenvalue weighted by Gasteiger charge is 2.32. The van der Waals surface area contributed by atoms with Gasteiger partial charge in [-0.05, 0) is 37.8 Å². The van der Waals surface area contributed by atoms with Gasteiger partial charge in [-0.1, -0.05) is 45.9 Å². The summed E-state index contributed by atoms with van der Waals surface area (Å²) in [6.45, 7) is 13.2. The van der Waals surface area contributed by atoms with E-state index in [2.05, 4.69) is 56.9 Å². The van der Waals surface area contributed by atoms with E-state index in [1.807, 2.05) is 13.8 Å². The molecule has 0 aromatic heterocycles. The van der Waals surface area contributed by atoms with Crippen molar-refractivity contribution in [1.29, 1.82) is 0 Å². The number of fused-ring (bicyclic) bond motifs is 1. The first kappa shape index (κ1) is 14.1. The molecule has 1 nitrogen and oxygen atoms in total. The van der Waals surface area contributed by atoms with Crippen LogP contribution in [0.2, 0.25) is 0 Å². The van der Waals surface area contributed by atoms with Crippen molar-refractivity contribution >= 4 is 5.69 Å². The second-order valence-corrected chi connectivity index (χ2v) is 5.15. The SMILES string of the molecule is CC.CC(C)C1Cc2ccccc2N1C(C)C. The molecule has 0 N–H and O–H groups in total. The van der Waals surface area contributed by atoms with E-state index in [0.717, 1.165) is 5.92 Å². The van der Waals surface area contributed by atoms with Crippen LogP contribution in [0.15, 0.2) is 24.3 Å². The highest BCUT2D eigenvalue weighted by molar-refractivity contribution is 5.60. The Labute approximate surface area is 107 Å². The summed E-state index contributed by atoms with van der Waals surface area (Å²) < 4.78 is 0. The van der Waals surface area contributed by atoms with Gasteiger partial charge in [0.2, 0.25) is 0 Å². The molecule has 0 saturated heterocycles. The molecule has 0 saturated carbocycles. The quantitative estimate of drug-likeness (QED) is 0.726. The first-order valence-electron chi connectivity index (χ1n) is 6.97. The lowest BCUT2D eigenvalue weighted by Crippen LogP contribution is -2.40. The standard InChI is InChI=1S/C14H21N.C2H6/c1-10(2)14-9-12-7-5-6-8-13(12)15(14)11(3)4;1-2/h5-8,10-11,14H,9H2,1-4H3;1-2H3. The van der Waals surface area contributed by atoms with Gasteiger partial charge in [-0.25, -0.2) is 0 Å². The van der Waals surface area contributed by atoms with Gasteiger partial charge in [0, 0.05) is 17.8 Å². The number of benzene rings is 1. The number of rotatable bonds is 2. The molecule has 2 rings (SSSR count). The predicted molar refractivity (Wildman–Crippen MR) is 77.7 cm³/mol. The molecule has 1 aromatic carbocycles. The van der Waals surface area contributed by atoms with Crippen molar-refractivity contribution in [1.82, 2.24) is 0 Å². The molecule has 0 amide bonds. The van der Waals surface area contributed by atoms with Gasteiger partial charge in [0.1, 0.15) is 0 Å². The summed E-state index contributed by atoms with van der Waals surface area (Å²) >= 11 is 0. The van der Waals surface area contributed by atoms with Gasteiger partial charge in [-0.15, -0.1) is 0 Å². The maximum absolute atomic E-state index is 2.58. The Balaban J connectivity index is 0.000000686. The third-order valence-electron chi connectivity index (χ3n) is 3.38. The molecule has 0 bridgehead atoms. The second-order valence-electron chi connectivity index (χ2n) is 5.15. The molecular weight excluding hydrogens is 206 g/mol. The Hall–Kier alpha value is -0.980. The topological polar surface area (TPSA) is 3.24 Å². The first-order chi connectivity index (χ1) is 8.11. The minimum Gasteiger partial charge on any atom is -0.365 e. The smallest absolute Gasteiger partial charge is 0.0404 e. The zero-order valence-corrected chi connectivity index (χ0v) is 12.2. The highest BCUT2D eigenvalue weighted by atomic mass is 15.2. The molecule has 0 spiro atoms. The highest BCUT2D eigenvalue weighted by Crippen LogP contribution is 2.36. The lowest BCUT2D eigenvalue weighted by atomic mass is 9.99. The molecule has 96 valence electrons. The Morgan fingerprint density at radius 3 is 2.18 bits per heavy atom. The summed E-state index contributed by atoms with van der Waals surface area (Å²) in [5, 5.41) is 0. The monoisotopic (exact) mass is 233 g/mol. The third kappa shape index (κ3) is 2.83. The zero-order chi connectivity index (χ0) is 13.0. The molecule has 0 aliphatic carbocycles. The van der Waals surface area contributed by atoms with Gasteiger partial charge in [0.05, 0.1) is 0 Å². The fourth-order valence-electron chi connectivity index (χ4n) is 2.66. The van der Waals surface area contributed by atoms with E-state index in [4.69, 9.17) is 0 Å². The summed E-state index contributed by atoms with van der Waals surface area (Å²) in [5.41, 5.74) is 2.97. The average Bonchev–Trinajstić information content (AvgIpc) is 2.71. The minimum atomic E-state index is 0.598. The van der Waals surface area contributed by atoms with Gasteiger partial charge in [0.25, 0.3) is 0 Å². The molecule has 1 heteroatoms. The van der Waals surface area contributed by atoms with Crippen LogP contribution in [-0.2, 0) is 6.42 Å². The van der Waals surface area contributed by atoms with Crippen LogP contribution < -0.4 is 4.90 Å². The zero-order valence-electron chi connectivity index (χ0n) is 12.2. The van der Waals surface area contributed by atoms with Crippen LogP contribution in [-0.4, -0.2) is 12.1 Å². The Morgan fingerprint density at radius 2 is 1.65 bits per heavy atom. The van der Waals surface area contributed by atoms with E-state index in [1.165, 1.54) is 17.7 Å². The van der Waals surface area contributed by atoms with E-state index in [-0.39, 0.29) is 0 Å². The Bertz CT molecular complexity index is 341. The van der Waals surface area contributed by atoms with E-state index in [9.17, 15) is 0 Å². The molecule has 1 heterocycles. The van der Waals surface area contributed by atoms with Gasteiger partial charge in [0.15, 0.2) is 0 Å². The van der Waals surface area contributed by atoms with E-state index < -0.39 is 0 Å². The number of anilines is 1. The van der Waals surface area contributed by atoms with Crippen LogP contribution in [0.1, 0.15) is 47.1 Å². The predicted octanol–water partition coefficient (Wildman–Crippen LogP) is 4.51. The molecular formula is C16H27N. The van der Waals surface area contributed by atoms with Crippen LogP contribution in [0, 0.1) is 5.92 Å². The second kappa shape index (κ2) is 6.09. The van der Waals surface area contributed by atoms with Gasteiger partial charge in [-0.2, -0.15) is 0 Å². The van der Waals surface area contributed by atoms with Crippen LogP contribution in [0.4, 0.5) is 5.69 Å². The summed E-state index contributed by atoms with van der Waals surface area (Å²) in [5.74, 6) is 0.722. The number of nitrogens with zero attached hydrogens (tertiary/aromatic N) is 1. The third-order valence-corrected chi connectivity index (χ3v) is 3.38. The van der Waals surface area contributed by atoms with Crippen molar-refractivity contribution in [3.63, 3.8) is 0 Å². The summed E-state index contributed by atoms with van der Waals surface area (Å²) in [7, 11) is 0. The molecule has 1 aliphatic heterocycles.